The van der Waals surface area contributed by atoms with Gasteiger partial charge in [-0.15, -0.1) is 0 Å². The van der Waals surface area contributed by atoms with Gasteiger partial charge in [-0.2, -0.15) is 0 Å². The number of aliphatic hydroxyl groups is 1. The van der Waals surface area contributed by atoms with Crippen molar-refractivity contribution in [2.45, 2.75) is 212 Å². The molecule has 0 fully saturated rings. The van der Waals surface area contributed by atoms with Crippen LogP contribution < -0.4 is 5.32 Å². The molecule has 0 aliphatic carbocycles. The second kappa shape index (κ2) is 43.2. The molecule has 0 aromatic rings. The van der Waals surface area contributed by atoms with Crippen LogP contribution in [0, 0.1) is 0 Å². The van der Waals surface area contributed by atoms with E-state index in [1.165, 1.54) is 89.9 Å². The topological polar surface area (TPSA) is 105 Å². The number of unbranched alkanes of at least 4 members (excludes halogenated alkanes) is 19. The van der Waals surface area contributed by atoms with Crippen LogP contribution in [-0.4, -0.2) is 73.4 Å². The molecule has 0 aromatic carbocycles. The zero-order valence-electron chi connectivity index (χ0n) is 40.1. The molecule has 0 heterocycles. The van der Waals surface area contributed by atoms with Gasteiger partial charge in [0.2, 0.25) is 5.91 Å². The van der Waals surface area contributed by atoms with Crippen molar-refractivity contribution in [2.75, 3.05) is 40.9 Å². The van der Waals surface area contributed by atoms with E-state index in [2.05, 4.69) is 92.1 Å². The molecular weight excluding hydrogens is 780 g/mol. The number of carbonyl (C=O) groups is 1. The Balaban J connectivity index is 3.80. The lowest BCUT2D eigenvalue weighted by atomic mass is 10.0. The van der Waals surface area contributed by atoms with Gasteiger partial charge in [0, 0.05) is 6.42 Å². The summed E-state index contributed by atoms with van der Waals surface area (Å²) in [4.78, 5) is 22.9. The lowest BCUT2D eigenvalue weighted by molar-refractivity contribution is -0.870. The maximum absolute atomic E-state index is 12.8. The Bertz CT molecular complexity index is 1220. The van der Waals surface area contributed by atoms with Gasteiger partial charge in [-0.25, -0.2) is 4.57 Å². The maximum Gasteiger partial charge on any atom is 0.472 e. The van der Waals surface area contributed by atoms with E-state index >= 15 is 0 Å². The number of phosphoric acid groups is 1. The third kappa shape index (κ3) is 45.8. The molecule has 0 aliphatic rings. The van der Waals surface area contributed by atoms with E-state index in [1.54, 1.807) is 0 Å². The number of aliphatic hydroxyl groups excluding tert-OH is 1. The van der Waals surface area contributed by atoms with Gasteiger partial charge in [-0.3, -0.25) is 13.8 Å². The number of rotatable bonds is 44. The normalized spacial score (nSPS) is 14.8. The quantitative estimate of drug-likeness (QED) is 0.0244. The van der Waals surface area contributed by atoms with Crippen LogP contribution >= 0.6 is 7.82 Å². The van der Waals surface area contributed by atoms with Crippen molar-refractivity contribution in [3.8, 4) is 0 Å². The van der Waals surface area contributed by atoms with Gasteiger partial charge in [0.15, 0.2) is 0 Å². The van der Waals surface area contributed by atoms with E-state index in [9.17, 15) is 19.4 Å². The number of allylic oxidation sites excluding steroid dienone is 12. The predicted molar refractivity (Wildman–Crippen MR) is 263 cm³/mol. The maximum atomic E-state index is 12.8. The molecule has 0 saturated carbocycles. The molecule has 0 spiro atoms. The first-order valence-electron chi connectivity index (χ1n) is 24.8. The minimum absolute atomic E-state index is 0.0718. The van der Waals surface area contributed by atoms with Gasteiger partial charge in [-0.1, -0.05) is 202 Å². The standard InChI is InChI=1S/C52H95N2O6P/c1-6-8-10-12-13-14-15-16-17-18-19-20-21-22-23-24-25-26-27-28-29-30-31-32-33-34-35-36-37-38-39-40-41-42-44-46-52(56)53-50(51(55)45-43-11-9-7-2)49-60-61(57,58)59-48-47-54(3,4)5/h8,10,13-14,16-17,19-20,22-23,25-26,50-51,55H,6-7,9,11-12,15,18,21,24,27-49H2,1-5H3,(H-,53,56,57,58)/p+1/b10-8-,14-13-,17-16-,20-19-,23-22-,26-25-. The van der Waals surface area contributed by atoms with E-state index in [0.29, 0.717) is 23.9 Å². The number of hydrogen-bond donors (Lipinski definition) is 3. The molecule has 0 saturated heterocycles. The summed E-state index contributed by atoms with van der Waals surface area (Å²) in [5.41, 5.74) is 0. The first-order valence-corrected chi connectivity index (χ1v) is 26.3. The molecule has 1 amide bonds. The van der Waals surface area contributed by atoms with Crippen LogP contribution in [0.3, 0.4) is 0 Å². The fourth-order valence-corrected chi connectivity index (χ4v) is 7.55. The fraction of sp³-hybridized carbons (Fsp3) is 0.750. The smallest absolute Gasteiger partial charge is 0.391 e. The molecule has 9 heteroatoms. The zero-order chi connectivity index (χ0) is 45.0. The number of carbonyl (C=O) groups excluding carboxylic acids is 1. The zero-order valence-corrected chi connectivity index (χ0v) is 41.0. The van der Waals surface area contributed by atoms with Crippen molar-refractivity contribution in [1.82, 2.24) is 5.32 Å². The summed E-state index contributed by atoms with van der Waals surface area (Å²) in [7, 11) is 1.60. The van der Waals surface area contributed by atoms with E-state index < -0.39 is 20.0 Å². The second-order valence-corrected chi connectivity index (χ2v) is 19.3. The Hall–Kier alpha value is -2.06. The first-order chi connectivity index (χ1) is 29.5. The molecule has 0 rings (SSSR count). The van der Waals surface area contributed by atoms with Crippen LogP contribution in [0.4, 0.5) is 0 Å². The Morgan fingerprint density at radius 3 is 1.43 bits per heavy atom. The molecule has 0 aliphatic heterocycles. The number of amides is 1. The molecule has 0 aromatic heterocycles. The molecule has 0 bridgehead atoms. The van der Waals surface area contributed by atoms with Crippen molar-refractivity contribution < 1.29 is 32.9 Å². The number of likely N-dealkylation sites (N-methyl/N-ethyl adjacent to an activating group) is 1. The second-order valence-electron chi connectivity index (χ2n) is 17.8. The van der Waals surface area contributed by atoms with Crippen LogP contribution in [0.1, 0.15) is 200 Å². The highest BCUT2D eigenvalue weighted by atomic mass is 31.2. The highest BCUT2D eigenvalue weighted by Crippen LogP contribution is 2.43. The van der Waals surface area contributed by atoms with Crippen molar-refractivity contribution in [3.63, 3.8) is 0 Å². The molecule has 3 N–H and O–H groups in total. The summed E-state index contributed by atoms with van der Waals surface area (Å²) in [6, 6.07) is -0.758. The summed E-state index contributed by atoms with van der Waals surface area (Å²) >= 11 is 0. The van der Waals surface area contributed by atoms with Gasteiger partial charge in [-0.05, 0) is 64.2 Å². The van der Waals surface area contributed by atoms with Crippen LogP contribution in [0.25, 0.3) is 0 Å². The van der Waals surface area contributed by atoms with Crippen molar-refractivity contribution >= 4 is 13.7 Å². The van der Waals surface area contributed by atoms with Crippen LogP contribution in [0.5, 0.6) is 0 Å². The number of nitrogens with zero attached hydrogens (tertiary/aromatic N) is 1. The lowest BCUT2D eigenvalue weighted by Crippen LogP contribution is -2.46. The molecule has 61 heavy (non-hydrogen) atoms. The van der Waals surface area contributed by atoms with E-state index in [1.807, 2.05) is 21.1 Å². The monoisotopic (exact) mass is 876 g/mol. The van der Waals surface area contributed by atoms with Crippen molar-refractivity contribution in [1.29, 1.82) is 0 Å². The van der Waals surface area contributed by atoms with Gasteiger partial charge in [0.25, 0.3) is 0 Å². The van der Waals surface area contributed by atoms with E-state index in [-0.39, 0.29) is 19.1 Å². The van der Waals surface area contributed by atoms with Crippen LogP contribution in [0.2, 0.25) is 0 Å². The van der Waals surface area contributed by atoms with Gasteiger partial charge in [0.05, 0.1) is 39.9 Å². The Kier molecular flexibility index (Phi) is 41.7. The number of quaternary nitrogens is 1. The highest BCUT2D eigenvalue weighted by molar-refractivity contribution is 7.47. The fourth-order valence-electron chi connectivity index (χ4n) is 6.81. The number of phosphoric ester groups is 1. The highest BCUT2D eigenvalue weighted by Gasteiger charge is 2.28. The average Bonchev–Trinajstić information content (AvgIpc) is 3.21. The molecular formula is C52H96N2O6P+. The Morgan fingerprint density at radius 2 is 0.984 bits per heavy atom. The molecule has 0 radical (unpaired) electrons. The summed E-state index contributed by atoms with van der Waals surface area (Å²) < 4.78 is 23.4. The summed E-state index contributed by atoms with van der Waals surface area (Å²) in [6.45, 7) is 4.64. The number of nitrogens with one attached hydrogen (secondary N) is 1. The van der Waals surface area contributed by atoms with Crippen molar-refractivity contribution in [2.24, 2.45) is 0 Å². The number of hydrogen-bond acceptors (Lipinski definition) is 5. The van der Waals surface area contributed by atoms with Gasteiger partial charge < -0.3 is 19.8 Å². The summed E-state index contributed by atoms with van der Waals surface area (Å²) in [6.07, 6.45) is 58.8. The molecule has 3 unspecified atom stereocenters. The molecule has 8 nitrogen and oxygen atoms in total. The van der Waals surface area contributed by atoms with E-state index in [4.69, 9.17) is 9.05 Å². The molecule has 354 valence electrons. The van der Waals surface area contributed by atoms with E-state index in [0.717, 1.165) is 83.5 Å². The Morgan fingerprint density at radius 1 is 0.574 bits per heavy atom. The third-order valence-corrected chi connectivity index (χ3v) is 11.7. The minimum Gasteiger partial charge on any atom is -0.391 e. The average molecular weight is 876 g/mol. The lowest BCUT2D eigenvalue weighted by Gasteiger charge is -2.26. The van der Waals surface area contributed by atoms with Crippen LogP contribution in [0.15, 0.2) is 72.9 Å². The first kappa shape index (κ1) is 58.9. The predicted octanol–water partition coefficient (Wildman–Crippen LogP) is 14.4. The summed E-state index contributed by atoms with van der Waals surface area (Å²) in [5.74, 6) is -0.156. The molecule has 3 atom stereocenters. The van der Waals surface area contributed by atoms with Crippen molar-refractivity contribution in [3.05, 3.63) is 72.9 Å². The Labute approximate surface area is 376 Å². The van der Waals surface area contributed by atoms with Gasteiger partial charge >= 0.3 is 7.82 Å². The SMILES string of the molecule is CC/C=C\C/C=C\C/C=C\C/C=C\C/C=C\C/C=C\CCCCCCCCCCCCCCCCCCC(=O)NC(COP(=O)(O)OCC[N+](C)(C)C)C(O)CCCCCC. The van der Waals surface area contributed by atoms with Crippen LogP contribution in [-0.2, 0) is 18.4 Å². The largest absolute Gasteiger partial charge is 0.472 e. The minimum atomic E-state index is -4.30. The third-order valence-electron chi connectivity index (χ3n) is 10.7. The van der Waals surface area contributed by atoms with Gasteiger partial charge in [0.1, 0.15) is 13.2 Å². The summed E-state index contributed by atoms with van der Waals surface area (Å²) in [5, 5.41) is 13.7.